The zero-order valence-corrected chi connectivity index (χ0v) is 17.0. The molecule has 0 atom stereocenters. The minimum absolute atomic E-state index is 0.247. The minimum Gasteiger partial charge on any atom is -0.352 e. The number of carbonyl (C=O) groups is 3. The van der Waals surface area contributed by atoms with Gasteiger partial charge in [-0.1, -0.05) is 24.3 Å². The molecule has 9 heteroatoms. The summed E-state index contributed by atoms with van der Waals surface area (Å²) >= 11 is 0. The Morgan fingerprint density at radius 2 is 1.52 bits per heavy atom. The summed E-state index contributed by atoms with van der Waals surface area (Å²) in [6.45, 7) is 3.43. The van der Waals surface area contributed by atoms with Crippen molar-refractivity contribution >= 4 is 23.5 Å². The third-order valence-corrected chi connectivity index (χ3v) is 5.17. The smallest absolute Gasteiger partial charge is 0.332 e. The molecule has 1 N–H and O–H groups in total. The zero-order valence-electron chi connectivity index (χ0n) is 17.0. The van der Waals surface area contributed by atoms with Gasteiger partial charge in [0.1, 0.15) is 5.69 Å². The largest absolute Gasteiger partial charge is 0.352 e. The van der Waals surface area contributed by atoms with Crippen LogP contribution in [0.3, 0.4) is 0 Å². The van der Waals surface area contributed by atoms with Crippen molar-refractivity contribution in [2.45, 2.75) is 13.8 Å². The Morgan fingerprint density at radius 3 is 2.03 bits per heavy atom. The lowest BCUT2D eigenvalue weighted by molar-refractivity contribution is -0.145. The van der Waals surface area contributed by atoms with Crippen molar-refractivity contribution in [3.05, 3.63) is 58.2 Å². The summed E-state index contributed by atoms with van der Waals surface area (Å²) in [4.78, 5) is 52.2. The summed E-state index contributed by atoms with van der Waals surface area (Å²) in [5.74, 6) is -2.51. The molecular formula is C20H23N5O4. The minimum atomic E-state index is -1.23. The summed E-state index contributed by atoms with van der Waals surface area (Å²) < 4.78 is 3.19. The van der Waals surface area contributed by atoms with Crippen LogP contribution in [-0.4, -0.2) is 51.1 Å². The molecule has 1 aromatic carbocycles. The molecule has 0 bridgehead atoms. The third kappa shape index (κ3) is 3.14. The zero-order chi connectivity index (χ0) is 21.5. The monoisotopic (exact) mass is 397 g/mol. The van der Waals surface area contributed by atoms with Gasteiger partial charge in [0.05, 0.1) is 11.4 Å². The van der Waals surface area contributed by atoms with E-state index >= 15 is 0 Å². The van der Waals surface area contributed by atoms with Crippen LogP contribution in [-0.2, 0) is 16.6 Å². The van der Waals surface area contributed by atoms with Crippen molar-refractivity contribution in [1.82, 2.24) is 19.2 Å². The molecule has 1 aliphatic rings. The molecule has 2 aromatic rings. The summed E-state index contributed by atoms with van der Waals surface area (Å²) in [7, 11) is 4.40. The van der Waals surface area contributed by atoms with Gasteiger partial charge in [0.2, 0.25) is 11.8 Å². The highest BCUT2D eigenvalue weighted by Gasteiger charge is 2.44. The molecular weight excluding hydrogens is 374 g/mol. The highest BCUT2D eigenvalue weighted by Crippen LogP contribution is 2.25. The lowest BCUT2D eigenvalue weighted by Gasteiger charge is -2.34. The second-order valence-corrected chi connectivity index (χ2v) is 6.82. The number of imide groups is 2. The molecule has 1 fully saturated rings. The SMILES string of the molecule is C/C=C(/Nc1c(C)n(C)n(-c2ccccc2)c1=O)C1C(=O)N(C)C(=O)N(C)C1=O. The highest BCUT2D eigenvalue weighted by atomic mass is 16.2. The van der Waals surface area contributed by atoms with Crippen LogP contribution in [0.25, 0.3) is 5.69 Å². The molecule has 0 aliphatic carbocycles. The van der Waals surface area contributed by atoms with Gasteiger partial charge in [-0.2, -0.15) is 0 Å². The van der Waals surface area contributed by atoms with E-state index < -0.39 is 23.8 Å². The number of aromatic nitrogens is 2. The number of amides is 4. The Morgan fingerprint density at radius 1 is 0.966 bits per heavy atom. The summed E-state index contributed by atoms with van der Waals surface area (Å²) in [6, 6.07) is 8.45. The molecule has 2 heterocycles. The molecule has 9 nitrogen and oxygen atoms in total. The van der Waals surface area contributed by atoms with Crippen molar-refractivity contribution in [3.8, 4) is 5.69 Å². The Hall–Kier alpha value is -3.62. The van der Waals surface area contributed by atoms with E-state index in [4.69, 9.17) is 0 Å². The van der Waals surface area contributed by atoms with Crippen LogP contribution in [0, 0.1) is 12.8 Å². The average molecular weight is 397 g/mol. The molecule has 4 amide bonds. The van der Waals surface area contributed by atoms with Crippen LogP contribution in [0.5, 0.6) is 0 Å². The van der Waals surface area contributed by atoms with Crippen molar-refractivity contribution in [2.75, 3.05) is 19.4 Å². The van der Waals surface area contributed by atoms with Crippen molar-refractivity contribution in [1.29, 1.82) is 0 Å². The number of barbiturate groups is 1. The number of para-hydroxylation sites is 1. The summed E-state index contributed by atoms with van der Waals surface area (Å²) in [5, 5.41) is 2.98. The summed E-state index contributed by atoms with van der Waals surface area (Å²) in [5.41, 5.74) is 1.51. The van der Waals surface area contributed by atoms with E-state index in [0.29, 0.717) is 11.4 Å². The van der Waals surface area contributed by atoms with Gasteiger partial charge in [-0.05, 0) is 26.0 Å². The highest BCUT2D eigenvalue weighted by molar-refractivity contribution is 6.17. The number of anilines is 1. The first-order valence-electron chi connectivity index (χ1n) is 9.07. The fourth-order valence-electron chi connectivity index (χ4n) is 3.34. The van der Waals surface area contributed by atoms with Gasteiger partial charge in [-0.3, -0.25) is 28.9 Å². The first kappa shape index (κ1) is 20.1. The topological polar surface area (TPSA) is 96.7 Å². The predicted octanol–water partition coefficient (Wildman–Crippen LogP) is 1.47. The molecule has 1 aromatic heterocycles. The maximum Gasteiger partial charge on any atom is 0.332 e. The number of rotatable bonds is 4. The third-order valence-electron chi connectivity index (χ3n) is 5.17. The van der Waals surface area contributed by atoms with Gasteiger partial charge < -0.3 is 5.32 Å². The maximum absolute atomic E-state index is 13.1. The molecule has 3 rings (SSSR count). The average Bonchev–Trinajstić information content (AvgIpc) is 2.93. The van der Waals surface area contributed by atoms with Gasteiger partial charge in [-0.15, -0.1) is 0 Å². The van der Waals surface area contributed by atoms with Gasteiger partial charge in [0, 0.05) is 26.8 Å². The number of benzene rings is 1. The molecule has 0 spiro atoms. The van der Waals surface area contributed by atoms with Crippen LogP contribution in [0.1, 0.15) is 12.6 Å². The Kier molecular flexibility index (Phi) is 5.15. The van der Waals surface area contributed by atoms with E-state index in [0.717, 1.165) is 9.80 Å². The van der Waals surface area contributed by atoms with Crippen LogP contribution >= 0.6 is 0 Å². The van der Waals surface area contributed by atoms with Crippen LogP contribution in [0.15, 0.2) is 46.9 Å². The fourth-order valence-corrected chi connectivity index (χ4v) is 3.34. The fraction of sp³-hybridized carbons (Fsp3) is 0.300. The number of allylic oxidation sites excluding steroid dienone is 1. The molecule has 1 aliphatic heterocycles. The van der Waals surface area contributed by atoms with Gasteiger partial charge in [0.15, 0.2) is 5.92 Å². The van der Waals surface area contributed by atoms with E-state index in [1.54, 1.807) is 31.7 Å². The molecule has 1 saturated heterocycles. The molecule has 152 valence electrons. The van der Waals surface area contributed by atoms with Crippen LogP contribution in [0.2, 0.25) is 0 Å². The number of nitrogens with one attached hydrogen (secondary N) is 1. The second kappa shape index (κ2) is 7.42. The Labute approximate surface area is 167 Å². The van der Waals surface area contributed by atoms with Crippen LogP contribution in [0.4, 0.5) is 10.5 Å². The van der Waals surface area contributed by atoms with E-state index in [1.165, 1.54) is 18.8 Å². The number of urea groups is 1. The molecule has 0 saturated carbocycles. The molecule has 0 unspecified atom stereocenters. The van der Waals surface area contributed by atoms with Gasteiger partial charge in [-0.25, -0.2) is 9.48 Å². The van der Waals surface area contributed by atoms with E-state index in [1.807, 2.05) is 30.3 Å². The normalized spacial score (nSPS) is 16.0. The van der Waals surface area contributed by atoms with Crippen molar-refractivity contribution < 1.29 is 14.4 Å². The first-order valence-corrected chi connectivity index (χ1v) is 9.07. The van der Waals surface area contributed by atoms with E-state index in [2.05, 4.69) is 5.32 Å². The van der Waals surface area contributed by atoms with Crippen LogP contribution < -0.4 is 10.9 Å². The predicted molar refractivity (Wildman–Crippen MR) is 108 cm³/mol. The first-order chi connectivity index (χ1) is 13.7. The van der Waals surface area contributed by atoms with E-state index in [9.17, 15) is 19.2 Å². The lowest BCUT2D eigenvalue weighted by Crippen LogP contribution is -2.57. The quantitative estimate of drug-likeness (QED) is 0.788. The standard InChI is InChI=1S/C20H23N5O4/c1-6-14(15-17(26)22(3)20(29)23(4)18(15)27)21-16-12(2)24(5)25(19(16)28)13-10-8-7-9-11-13/h6-11,15,21H,1-5H3/b14-6+. The van der Waals surface area contributed by atoms with Gasteiger partial charge >= 0.3 is 6.03 Å². The summed E-state index contributed by atoms with van der Waals surface area (Å²) in [6.07, 6.45) is 1.57. The van der Waals surface area contributed by atoms with E-state index in [-0.39, 0.29) is 16.9 Å². The van der Waals surface area contributed by atoms with Crippen molar-refractivity contribution in [2.24, 2.45) is 13.0 Å². The van der Waals surface area contributed by atoms with Gasteiger partial charge in [0.25, 0.3) is 5.56 Å². The second-order valence-electron chi connectivity index (χ2n) is 6.82. The number of hydrogen-bond donors (Lipinski definition) is 1. The Bertz CT molecular complexity index is 1060. The molecule has 0 radical (unpaired) electrons. The van der Waals surface area contributed by atoms with Crippen molar-refractivity contribution in [3.63, 3.8) is 0 Å². The lowest BCUT2D eigenvalue weighted by atomic mass is 9.99. The Balaban J connectivity index is 2.03. The number of nitrogens with zero attached hydrogens (tertiary/aromatic N) is 4. The maximum atomic E-state index is 13.1. The molecule has 29 heavy (non-hydrogen) atoms. The number of carbonyl (C=O) groups excluding carboxylic acids is 3. The number of hydrogen-bond acceptors (Lipinski definition) is 5.